The van der Waals surface area contributed by atoms with E-state index in [2.05, 4.69) is 10.5 Å². The van der Waals surface area contributed by atoms with Crippen molar-refractivity contribution in [2.75, 3.05) is 5.75 Å². The lowest BCUT2D eigenvalue weighted by Crippen LogP contribution is -2.24. The Kier molecular flexibility index (Phi) is 5.49. The summed E-state index contributed by atoms with van der Waals surface area (Å²) in [6.07, 6.45) is 1.62. The van der Waals surface area contributed by atoms with E-state index < -0.39 is 0 Å². The Bertz CT molecular complexity index is 586. The molecule has 0 saturated heterocycles. The summed E-state index contributed by atoms with van der Waals surface area (Å²) in [5.41, 5.74) is 2.89. The van der Waals surface area contributed by atoms with Crippen molar-refractivity contribution in [1.29, 1.82) is 0 Å². The highest BCUT2D eigenvalue weighted by Crippen LogP contribution is 2.15. The van der Waals surface area contributed by atoms with Crippen LogP contribution in [0.25, 0.3) is 0 Å². The molecular weight excluding hydrogens is 296 g/mol. The number of hydrogen-bond acceptors (Lipinski definition) is 4. The van der Waals surface area contributed by atoms with Gasteiger partial charge in [0.25, 0.3) is 0 Å². The first-order chi connectivity index (χ1) is 9.65. The van der Waals surface area contributed by atoms with Crippen molar-refractivity contribution in [3.63, 3.8) is 0 Å². The molecule has 20 heavy (non-hydrogen) atoms. The van der Waals surface area contributed by atoms with Crippen molar-refractivity contribution in [3.05, 3.63) is 52.4 Å². The summed E-state index contributed by atoms with van der Waals surface area (Å²) in [4.78, 5) is 11.7. The van der Waals surface area contributed by atoms with Crippen LogP contribution in [0.15, 0.2) is 35.1 Å². The van der Waals surface area contributed by atoms with Crippen LogP contribution in [0.4, 0.5) is 0 Å². The number of benzene rings is 1. The summed E-state index contributed by atoms with van der Waals surface area (Å²) in [6, 6.07) is 7.45. The van der Waals surface area contributed by atoms with Gasteiger partial charge >= 0.3 is 0 Å². The van der Waals surface area contributed by atoms with Gasteiger partial charge in [-0.05, 0) is 24.6 Å². The third-order valence-electron chi connectivity index (χ3n) is 2.72. The number of carbonyl (C=O) groups excluding carboxylic acids is 1. The summed E-state index contributed by atoms with van der Waals surface area (Å²) in [6.45, 7) is 2.38. The molecule has 2 aromatic rings. The maximum Gasteiger partial charge on any atom is 0.230 e. The first-order valence-corrected chi connectivity index (χ1v) is 7.67. The second kappa shape index (κ2) is 7.36. The Hall–Kier alpha value is -1.46. The van der Waals surface area contributed by atoms with Gasteiger partial charge < -0.3 is 9.84 Å². The summed E-state index contributed by atoms with van der Waals surface area (Å²) in [7, 11) is 0. The summed E-state index contributed by atoms with van der Waals surface area (Å²) >= 11 is 7.42. The number of rotatable bonds is 6. The number of hydrogen-bond donors (Lipinski definition) is 1. The standard InChI is InChI=1S/C14H15ClN2O2S/c1-10-12(7-19-17-10)8-20-9-14(18)16-6-11-3-2-4-13(15)5-11/h2-5,7H,6,8-9H2,1H3,(H,16,18). The zero-order valence-corrected chi connectivity index (χ0v) is 12.6. The fourth-order valence-corrected chi connectivity index (χ4v) is 2.70. The van der Waals surface area contributed by atoms with Crippen molar-refractivity contribution in [2.24, 2.45) is 0 Å². The zero-order chi connectivity index (χ0) is 14.4. The van der Waals surface area contributed by atoms with E-state index in [4.69, 9.17) is 16.1 Å². The minimum atomic E-state index is 0.00378. The van der Waals surface area contributed by atoms with Gasteiger partial charge in [0, 0.05) is 22.9 Å². The predicted molar refractivity (Wildman–Crippen MR) is 80.7 cm³/mol. The molecule has 0 saturated carbocycles. The molecule has 2 rings (SSSR count). The zero-order valence-electron chi connectivity index (χ0n) is 11.1. The molecule has 0 bridgehead atoms. The summed E-state index contributed by atoms with van der Waals surface area (Å²) < 4.78 is 4.84. The molecule has 0 aliphatic carbocycles. The lowest BCUT2D eigenvalue weighted by atomic mass is 10.2. The molecule has 0 unspecified atom stereocenters. The summed E-state index contributed by atoms with van der Waals surface area (Å²) in [5.74, 6) is 1.13. The molecule has 1 aromatic carbocycles. The maximum atomic E-state index is 11.7. The van der Waals surface area contributed by atoms with E-state index in [1.807, 2.05) is 31.2 Å². The largest absolute Gasteiger partial charge is 0.364 e. The molecule has 0 atom stereocenters. The number of halogens is 1. The molecule has 1 aromatic heterocycles. The van der Waals surface area contributed by atoms with Gasteiger partial charge in [0.2, 0.25) is 5.91 Å². The third-order valence-corrected chi connectivity index (χ3v) is 3.94. The van der Waals surface area contributed by atoms with E-state index in [1.54, 1.807) is 6.26 Å². The lowest BCUT2D eigenvalue weighted by molar-refractivity contribution is -0.118. The van der Waals surface area contributed by atoms with E-state index in [9.17, 15) is 4.79 Å². The van der Waals surface area contributed by atoms with Crippen molar-refractivity contribution in [1.82, 2.24) is 10.5 Å². The van der Waals surface area contributed by atoms with Crippen LogP contribution in [0.5, 0.6) is 0 Å². The molecule has 1 amide bonds. The fourth-order valence-electron chi connectivity index (χ4n) is 1.60. The Morgan fingerprint density at radius 2 is 2.35 bits per heavy atom. The molecule has 1 N–H and O–H groups in total. The van der Waals surface area contributed by atoms with Crippen LogP contribution >= 0.6 is 23.4 Å². The molecular formula is C14H15ClN2O2S. The first kappa shape index (κ1) is 14.9. The fraction of sp³-hybridized carbons (Fsp3) is 0.286. The normalized spacial score (nSPS) is 10.5. The monoisotopic (exact) mass is 310 g/mol. The topological polar surface area (TPSA) is 55.1 Å². The van der Waals surface area contributed by atoms with E-state index in [1.165, 1.54) is 11.8 Å². The highest BCUT2D eigenvalue weighted by Gasteiger charge is 2.06. The number of aryl methyl sites for hydroxylation is 1. The number of amides is 1. The van der Waals surface area contributed by atoms with Crippen LogP contribution in [-0.2, 0) is 17.1 Å². The average Bonchev–Trinajstić information content (AvgIpc) is 2.82. The van der Waals surface area contributed by atoms with Crippen LogP contribution in [0.3, 0.4) is 0 Å². The van der Waals surface area contributed by atoms with Gasteiger partial charge in [0.15, 0.2) is 0 Å². The van der Waals surface area contributed by atoms with Crippen molar-refractivity contribution < 1.29 is 9.32 Å². The van der Waals surface area contributed by atoms with Crippen LogP contribution in [-0.4, -0.2) is 16.8 Å². The number of nitrogens with zero attached hydrogens (tertiary/aromatic N) is 1. The molecule has 0 fully saturated rings. The van der Waals surface area contributed by atoms with Gasteiger partial charge in [-0.1, -0.05) is 28.9 Å². The number of aromatic nitrogens is 1. The highest BCUT2D eigenvalue weighted by molar-refractivity contribution is 7.99. The number of nitrogens with one attached hydrogen (secondary N) is 1. The Labute approximate surface area is 126 Å². The molecule has 6 heteroatoms. The van der Waals surface area contributed by atoms with E-state index in [-0.39, 0.29) is 5.91 Å². The molecule has 0 aliphatic rings. The highest BCUT2D eigenvalue weighted by atomic mass is 35.5. The van der Waals surface area contributed by atoms with Gasteiger partial charge in [0.1, 0.15) is 6.26 Å². The van der Waals surface area contributed by atoms with E-state index in [0.717, 1.165) is 22.6 Å². The predicted octanol–water partition coefficient (Wildman–Crippen LogP) is 3.19. The second-order valence-electron chi connectivity index (χ2n) is 4.32. The second-order valence-corrected chi connectivity index (χ2v) is 5.75. The smallest absolute Gasteiger partial charge is 0.230 e. The Morgan fingerprint density at radius 3 is 3.05 bits per heavy atom. The van der Waals surface area contributed by atoms with Gasteiger partial charge in [-0.3, -0.25) is 4.79 Å². The first-order valence-electron chi connectivity index (χ1n) is 6.14. The molecule has 106 valence electrons. The molecule has 1 heterocycles. The van der Waals surface area contributed by atoms with E-state index in [0.29, 0.717) is 17.3 Å². The van der Waals surface area contributed by atoms with Gasteiger partial charge in [0.05, 0.1) is 11.4 Å². The lowest BCUT2D eigenvalue weighted by Gasteiger charge is -2.05. The number of thioether (sulfide) groups is 1. The van der Waals surface area contributed by atoms with Crippen LogP contribution in [0.1, 0.15) is 16.8 Å². The summed E-state index contributed by atoms with van der Waals surface area (Å²) in [5, 5.41) is 7.34. The van der Waals surface area contributed by atoms with Crippen molar-refractivity contribution >= 4 is 29.3 Å². The van der Waals surface area contributed by atoms with Crippen molar-refractivity contribution in [2.45, 2.75) is 19.2 Å². The van der Waals surface area contributed by atoms with Gasteiger partial charge in [-0.2, -0.15) is 0 Å². The maximum absolute atomic E-state index is 11.7. The minimum Gasteiger partial charge on any atom is -0.364 e. The average molecular weight is 311 g/mol. The third kappa shape index (κ3) is 4.58. The minimum absolute atomic E-state index is 0.00378. The number of carbonyl (C=O) groups is 1. The van der Waals surface area contributed by atoms with Gasteiger partial charge in [-0.25, -0.2) is 0 Å². The molecule has 0 radical (unpaired) electrons. The molecule has 4 nitrogen and oxygen atoms in total. The Morgan fingerprint density at radius 1 is 1.50 bits per heavy atom. The van der Waals surface area contributed by atoms with E-state index >= 15 is 0 Å². The SMILES string of the molecule is Cc1nocc1CSCC(=O)NCc1cccc(Cl)c1. The molecule has 0 spiro atoms. The van der Waals surface area contributed by atoms with Crippen LogP contribution in [0.2, 0.25) is 5.02 Å². The van der Waals surface area contributed by atoms with Crippen LogP contribution < -0.4 is 5.32 Å². The van der Waals surface area contributed by atoms with Crippen molar-refractivity contribution in [3.8, 4) is 0 Å². The van der Waals surface area contributed by atoms with Gasteiger partial charge in [-0.15, -0.1) is 11.8 Å². The quantitative estimate of drug-likeness (QED) is 0.890. The molecule has 0 aliphatic heterocycles. The van der Waals surface area contributed by atoms with Crippen LogP contribution in [0, 0.1) is 6.92 Å². The Balaban J connectivity index is 1.69.